The number of halogens is 2. The predicted octanol–water partition coefficient (Wildman–Crippen LogP) is 5.01. The van der Waals surface area contributed by atoms with Crippen LogP contribution in [0, 0.1) is 5.41 Å². The number of aromatic nitrogens is 5. The van der Waals surface area contributed by atoms with Crippen molar-refractivity contribution in [2.24, 2.45) is 5.41 Å². The second-order valence-corrected chi connectivity index (χ2v) is 12.1. The van der Waals surface area contributed by atoms with Crippen molar-refractivity contribution in [1.29, 1.82) is 0 Å². The smallest absolute Gasteiger partial charge is 0.263 e. The molecule has 1 amide bonds. The van der Waals surface area contributed by atoms with Gasteiger partial charge in [-0.1, -0.05) is 6.07 Å². The molecule has 3 aromatic heterocycles. The molecule has 7 rings (SSSR count). The van der Waals surface area contributed by atoms with Crippen LogP contribution in [-0.2, 0) is 4.79 Å². The zero-order chi connectivity index (χ0) is 29.8. The van der Waals surface area contributed by atoms with Crippen LogP contribution in [0.5, 0.6) is 0 Å². The number of imidazole rings is 1. The quantitative estimate of drug-likeness (QED) is 0.311. The van der Waals surface area contributed by atoms with E-state index in [9.17, 15) is 13.6 Å². The van der Waals surface area contributed by atoms with Gasteiger partial charge in [0, 0.05) is 69.6 Å². The number of nitrogens with one attached hydrogen (secondary N) is 2. The lowest BCUT2D eigenvalue weighted by atomic mass is 10.0. The van der Waals surface area contributed by atoms with Crippen LogP contribution in [-0.4, -0.2) is 85.8 Å². The molecule has 0 radical (unpaired) electrons. The van der Waals surface area contributed by atoms with Gasteiger partial charge in [0.15, 0.2) is 0 Å². The number of hydrogen-bond donors (Lipinski definition) is 2. The summed E-state index contributed by atoms with van der Waals surface area (Å²) in [6.07, 6.45) is 5.42. The molecule has 3 fully saturated rings. The highest BCUT2D eigenvalue weighted by Gasteiger charge is 2.73. The number of rotatable bonds is 7. The number of pyridine rings is 1. The first-order valence-electron chi connectivity index (χ1n) is 14.9. The molecule has 2 aliphatic heterocycles. The van der Waals surface area contributed by atoms with Crippen molar-refractivity contribution in [1.82, 2.24) is 34.7 Å². The minimum Gasteiger partial charge on any atom is -0.357 e. The molecular formula is C31H35F2N9O. The molecule has 2 atom stereocenters. The van der Waals surface area contributed by atoms with Crippen molar-refractivity contribution in [2.45, 2.75) is 45.1 Å². The fraction of sp³-hybridized carbons (Fsp3) is 0.452. The molecule has 4 aromatic rings. The van der Waals surface area contributed by atoms with Gasteiger partial charge in [-0.2, -0.15) is 0 Å². The Labute approximate surface area is 248 Å². The molecule has 2 N–H and O–H groups in total. The second-order valence-electron chi connectivity index (χ2n) is 12.1. The molecule has 2 unspecified atom stereocenters. The van der Waals surface area contributed by atoms with Crippen molar-refractivity contribution in [3.63, 3.8) is 0 Å². The normalized spacial score (nSPS) is 22.6. The van der Waals surface area contributed by atoms with Crippen LogP contribution in [0.4, 0.5) is 26.4 Å². The molecule has 224 valence electrons. The highest BCUT2D eigenvalue weighted by atomic mass is 19.3. The Balaban J connectivity index is 1.01. The maximum absolute atomic E-state index is 13.7. The van der Waals surface area contributed by atoms with Crippen LogP contribution in [0.15, 0.2) is 48.9 Å². The van der Waals surface area contributed by atoms with Crippen molar-refractivity contribution < 1.29 is 13.6 Å². The molecule has 43 heavy (non-hydrogen) atoms. The number of H-pyrrole nitrogens is 1. The van der Waals surface area contributed by atoms with E-state index < -0.39 is 17.2 Å². The summed E-state index contributed by atoms with van der Waals surface area (Å²) < 4.78 is 27.5. The third-order valence-corrected chi connectivity index (χ3v) is 9.25. The van der Waals surface area contributed by atoms with Gasteiger partial charge in [-0.25, -0.2) is 28.7 Å². The standard InChI is InChI=1S/C31H35F2N9O/c1-20(40-11-13-42(14-12-40)28(43)30(2)18-31(30,32)33)21-7-8-34-26(16-21)39-29-37-23-6-5-22(15-25(23)38-29)24-17-27(36-19-35-24)41-9-3-4-10-41/h5-8,15-17,19-20H,3-4,9-14,18H2,1-2H3,(H2,34,37,38,39). The van der Waals surface area contributed by atoms with Gasteiger partial charge < -0.3 is 20.1 Å². The number of benzene rings is 1. The van der Waals surface area contributed by atoms with Gasteiger partial charge in [-0.15, -0.1) is 0 Å². The summed E-state index contributed by atoms with van der Waals surface area (Å²) in [5.41, 5.74) is 3.11. The minimum absolute atomic E-state index is 0.0651. The van der Waals surface area contributed by atoms with Gasteiger partial charge in [0.2, 0.25) is 11.9 Å². The topological polar surface area (TPSA) is 106 Å². The van der Waals surface area contributed by atoms with E-state index in [0.717, 1.165) is 46.8 Å². The Morgan fingerprint density at radius 3 is 2.51 bits per heavy atom. The van der Waals surface area contributed by atoms with Crippen molar-refractivity contribution in [3.8, 4) is 11.3 Å². The number of piperazine rings is 1. The summed E-state index contributed by atoms with van der Waals surface area (Å²) in [6, 6.07) is 12.1. The number of carbonyl (C=O) groups excluding carboxylic acids is 1. The molecule has 1 aliphatic carbocycles. The van der Waals surface area contributed by atoms with Crippen LogP contribution in [0.25, 0.3) is 22.3 Å². The van der Waals surface area contributed by atoms with Gasteiger partial charge in [-0.05, 0) is 56.5 Å². The van der Waals surface area contributed by atoms with E-state index >= 15 is 0 Å². The first-order valence-corrected chi connectivity index (χ1v) is 14.9. The van der Waals surface area contributed by atoms with E-state index in [-0.39, 0.29) is 12.5 Å². The number of aromatic amines is 1. The zero-order valence-corrected chi connectivity index (χ0v) is 24.4. The van der Waals surface area contributed by atoms with Crippen molar-refractivity contribution in [2.75, 3.05) is 49.5 Å². The van der Waals surface area contributed by atoms with E-state index in [4.69, 9.17) is 4.98 Å². The SMILES string of the molecule is CC(c1ccnc(Nc2nc3ccc(-c4cc(N5CCCC5)ncn4)cc3[nH]2)c1)N1CCN(C(=O)C2(C)CC2(F)F)CC1. The summed E-state index contributed by atoms with van der Waals surface area (Å²) in [6.45, 7) is 7.67. The average molecular weight is 588 g/mol. The van der Waals surface area contributed by atoms with E-state index in [1.54, 1.807) is 17.4 Å². The van der Waals surface area contributed by atoms with Crippen LogP contribution >= 0.6 is 0 Å². The molecule has 3 aliphatic rings. The summed E-state index contributed by atoms with van der Waals surface area (Å²) >= 11 is 0. The third kappa shape index (κ3) is 5.17. The number of alkyl halides is 2. The number of nitrogens with zero attached hydrogens (tertiary/aromatic N) is 7. The third-order valence-electron chi connectivity index (χ3n) is 9.25. The average Bonchev–Trinajstić information content (AvgIpc) is 3.44. The number of amides is 1. The maximum Gasteiger partial charge on any atom is 0.263 e. The highest BCUT2D eigenvalue weighted by Crippen LogP contribution is 2.61. The van der Waals surface area contributed by atoms with E-state index in [1.807, 2.05) is 36.4 Å². The summed E-state index contributed by atoms with van der Waals surface area (Å²) in [4.78, 5) is 40.4. The molecule has 1 saturated carbocycles. The number of hydrogen-bond acceptors (Lipinski definition) is 8. The molecule has 2 saturated heterocycles. The Morgan fingerprint density at radius 2 is 1.77 bits per heavy atom. The fourth-order valence-corrected chi connectivity index (χ4v) is 6.25. The van der Waals surface area contributed by atoms with E-state index in [2.05, 4.69) is 42.0 Å². The Kier molecular flexibility index (Phi) is 6.76. The molecule has 0 spiro atoms. The molecule has 12 heteroatoms. The predicted molar refractivity (Wildman–Crippen MR) is 160 cm³/mol. The van der Waals surface area contributed by atoms with Gasteiger partial charge >= 0.3 is 0 Å². The second kappa shape index (κ2) is 10.5. The van der Waals surface area contributed by atoms with Crippen LogP contribution in [0.3, 0.4) is 0 Å². The molecular weight excluding hydrogens is 552 g/mol. The van der Waals surface area contributed by atoms with Gasteiger partial charge in [0.05, 0.1) is 16.7 Å². The van der Waals surface area contributed by atoms with Crippen LogP contribution < -0.4 is 10.2 Å². The van der Waals surface area contributed by atoms with E-state index in [0.29, 0.717) is 37.9 Å². The highest BCUT2D eigenvalue weighted by molar-refractivity contribution is 5.87. The number of anilines is 3. The lowest BCUT2D eigenvalue weighted by molar-refractivity contribution is -0.142. The number of carbonyl (C=O) groups is 1. The van der Waals surface area contributed by atoms with Crippen molar-refractivity contribution in [3.05, 3.63) is 54.5 Å². The first-order chi connectivity index (χ1) is 20.7. The molecule has 0 bridgehead atoms. The maximum atomic E-state index is 13.7. The van der Waals surface area contributed by atoms with E-state index in [1.165, 1.54) is 19.8 Å². The first kappa shape index (κ1) is 27.6. The number of fused-ring (bicyclic) bond motifs is 1. The van der Waals surface area contributed by atoms with Gasteiger partial charge in [0.25, 0.3) is 5.92 Å². The van der Waals surface area contributed by atoms with Crippen molar-refractivity contribution >= 4 is 34.5 Å². The lowest BCUT2D eigenvalue weighted by Gasteiger charge is -2.39. The molecule has 5 heterocycles. The van der Waals surface area contributed by atoms with Crippen LogP contribution in [0.1, 0.15) is 44.7 Å². The summed E-state index contributed by atoms with van der Waals surface area (Å²) in [5.74, 6) is -1.11. The molecule has 10 nitrogen and oxygen atoms in total. The summed E-state index contributed by atoms with van der Waals surface area (Å²) in [5, 5.41) is 3.30. The van der Waals surface area contributed by atoms with Gasteiger partial charge in [-0.3, -0.25) is 9.69 Å². The Bertz CT molecular complexity index is 1660. The monoisotopic (exact) mass is 587 g/mol. The van der Waals surface area contributed by atoms with Crippen LogP contribution in [0.2, 0.25) is 0 Å². The lowest BCUT2D eigenvalue weighted by Crippen LogP contribution is -2.51. The Morgan fingerprint density at radius 1 is 1.00 bits per heavy atom. The largest absolute Gasteiger partial charge is 0.357 e. The Hall–Kier alpha value is -4.19. The molecule has 1 aromatic carbocycles. The zero-order valence-electron chi connectivity index (χ0n) is 24.4. The van der Waals surface area contributed by atoms with Gasteiger partial charge in [0.1, 0.15) is 23.4 Å². The minimum atomic E-state index is -2.88. The fourth-order valence-electron chi connectivity index (χ4n) is 6.25. The summed E-state index contributed by atoms with van der Waals surface area (Å²) in [7, 11) is 0.